The van der Waals surface area contributed by atoms with E-state index in [4.69, 9.17) is 23.2 Å². The predicted molar refractivity (Wildman–Crippen MR) is 127 cm³/mol. The molecule has 0 fully saturated rings. The van der Waals surface area contributed by atoms with Gasteiger partial charge in [-0.25, -0.2) is 8.42 Å². The molecule has 0 saturated heterocycles. The third-order valence-corrected chi connectivity index (χ3v) is 6.54. The Morgan fingerprint density at radius 1 is 1.13 bits per heavy atom. The minimum absolute atomic E-state index is 0.112. The lowest BCUT2D eigenvalue weighted by molar-refractivity contribution is -0.139. The Kier molecular flexibility index (Phi) is 8.76. The molecule has 0 aliphatic carbocycles. The first-order valence-electron chi connectivity index (χ1n) is 9.11. The third-order valence-electron chi connectivity index (χ3n) is 4.47. The van der Waals surface area contributed by atoms with E-state index in [1.165, 1.54) is 30.1 Å². The highest BCUT2D eigenvalue weighted by Crippen LogP contribution is 2.27. The molecule has 0 bridgehead atoms. The molecule has 7 nitrogen and oxygen atoms in total. The number of nitrogens with zero attached hydrogens (tertiary/aromatic N) is 2. The number of hydrogen-bond acceptors (Lipinski definition) is 4. The number of carbonyl (C=O) groups is 2. The van der Waals surface area contributed by atoms with Crippen molar-refractivity contribution in [3.63, 3.8) is 0 Å². The van der Waals surface area contributed by atoms with E-state index < -0.39 is 28.5 Å². The zero-order valence-electron chi connectivity index (χ0n) is 17.1. The van der Waals surface area contributed by atoms with Crippen molar-refractivity contribution in [1.82, 2.24) is 10.2 Å². The highest BCUT2D eigenvalue weighted by atomic mass is 79.9. The van der Waals surface area contributed by atoms with Gasteiger partial charge in [-0.1, -0.05) is 51.3 Å². The molecular formula is C20H22BrCl2N3O4S. The van der Waals surface area contributed by atoms with Crippen LogP contribution in [0, 0.1) is 0 Å². The quantitative estimate of drug-likeness (QED) is 0.543. The van der Waals surface area contributed by atoms with E-state index in [0.717, 1.165) is 20.6 Å². The molecule has 1 unspecified atom stereocenters. The van der Waals surface area contributed by atoms with E-state index in [0.29, 0.717) is 0 Å². The summed E-state index contributed by atoms with van der Waals surface area (Å²) in [5, 5.41) is 2.98. The van der Waals surface area contributed by atoms with Crippen molar-refractivity contribution >= 4 is 66.7 Å². The fourth-order valence-corrected chi connectivity index (χ4v) is 4.71. The molecule has 1 atom stereocenters. The monoisotopic (exact) mass is 549 g/mol. The average molecular weight is 551 g/mol. The van der Waals surface area contributed by atoms with Crippen LogP contribution in [0.5, 0.6) is 0 Å². The largest absolute Gasteiger partial charge is 0.357 e. The maximum Gasteiger partial charge on any atom is 0.244 e. The van der Waals surface area contributed by atoms with Gasteiger partial charge in [0.1, 0.15) is 12.6 Å². The van der Waals surface area contributed by atoms with E-state index in [2.05, 4.69) is 21.2 Å². The van der Waals surface area contributed by atoms with Gasteiger partial charge in [0.15, 0.2) is 0 Å². The lowest BCUT2D eigenvalue weighted by Gasteiger charge is -2.31. The first kappa shape index (κ1) is 25.5. The maximum absolute atomic E-state index is 13.3. The molecule has 2 aromatic carbocycles. The number of benzene rings is 2. The summed E-state index contributed by atoms with van der Waals surface area (Å²) >= 11 is 15.4. The number of rotatable bonds is 8. The molecule has 0 heterocycles. The minimum atomic E-state index is -3.85. The molecule has 0 saturated carbocycles. The number of nitrogens with one attached hydrogen (secondary N) is 1. The topological polar surface area (TPSA) is 86.8 Å². The summed E-state index contributed by atoms with van der Waals surface area (Å²) in [7, 11) is -2.38. The highest BCUT2D eigenvalue weighted by Gasteiger charge is 2.30. The Bertz CT molecular complexity index is 1060. The van der Waals surface area contributed by atoms with Crippen molar-refractivity contribution in [2.75, 3.05) is 24.2 Å². The number of hydrogen-bond donors (Lipinski definition) is 1. The smallest absolute Gasteiger partial charge is 0.244 e. The van der Waals surface area contributed by atoms with Gasteiger partial charge >= 0.3 is 0 Å². The molecule has 168 valence electrons. The molecule has 31 heavy (non-hydrogen) atoms. The molecule has 0 radical (unpaired) electrons. The maximum atomic E-state index is 13.3. The van der Waals surface area contributed by atoms with Crippen LogP contribution in [-0.4, -0.2) is 51.0 Å². The Balaban J connectivity index is 2.42. The average Bonchev–Trinajstić information content (AvgIpc) is 2.67. The Hall–Kier alpha value is -1.81. The summed E-state index contributed by atoms with van der Waals surface area (Å²) < 4.78 is 26.6. The van der Waals surface area contributed by atoms with Gasteiger partial charge in [0.25, 0.3) is 0 Å². The van der Waals surface area contributed by atoms with Gasteiger partial charge in [-0.15, -0.1) is 0 Å². The molecule has 2 rings (SSSR count). The molecule has 1 N–H and O–H groups in total. The minimum Gasteiger partial charge on any atom is -0.357 e. The molecule has 2 aromatic rings. The number of anilines is 1. The first-order valence-corrected chi connectivity index (χ1v) is 12.5. The van der Waals surface area contributed by atoms with Crippen LogP contribution in [0.1, 0.15) is 12.5 Å². The van der Waals surface area contributed by atoms with Crippen LogP contribution in [0.2, 0.25) is 10.0 Å². The zero-order valence-corrected chi connectivity index (χ0v) is 21.0. The molecule has 11 heteroatoms. The zero-order chi connectivity index (χ0) is 23.3. The van der Waals surface area contributed by atoms with Crippen LogP contribution in [0.4, 0.5) is 5.69 Å². The van der Waals surface area contributed by atoms with E-state index in [-0.39, 0.29) is 28.2 Å². The SMILES string of the molecule is CNC(=O)C(C)N(Cc1cccc(Br)c1)C(=O)CN(c1cc(Cl)cc(Cl)c1)S(C)(=O)=O. The molecule has 0 spiro atoms. The second kappa shape index (κ2) is 10.7. The lowest BCUT2D eigenvalue weighted by Crippen LogP contribution is -2.50. The van der Waals surface area contributed by atoms with Crippen LogP contribution in [0.3, 0.4) is 0 Å². The number of carbonyl (C=O) groups excluding carboxylic acids is 2. The van der Waals surface area contributed by atoms with Crippen LogP contribution >= 0.6 is 39.1 Å². The molecular weight excluding hydrogens is 529 g/mol. The van der Waals surface area contributed by atoms with E-state index in [9.17, 15) is 18.0 Å². The van der Waals surface area contributed by atoms with Gasteiger partial charge in [0, 0.05) is 28.1 Å². The fraction of sp³-hybridized carbons (Fsp3) is 0.300. The van der Waals surface area contributed by atoms with E-state index >= 15 is 0 Å². The predicted octanol–water partition coefficient (Wildman–Crippen LogP) is 3.69. The van der Waals surface area contributed by atoms with Crippen molar-refractivity contribution in [3.05, 3.63) is 62.5 Å². The van der Waals surface area contributed by atoms with Crippen molar-refractivity contribution < 1.29 is 18.0 Å². The summed E-state index contributed by atoms with van der Waals surface area (Å²) in [5.41, 5.74) is 0.929. The van der Waals surface area contributed by atoms with E-state index in [1.807, 2.05) is 24.3 Å². The fourth-order valence-electron chi connectivity index (χ4n) is 2.92. The van der Waals surface area contributed by atoms with Gasteiger partial charge in [-0.3, -0.25) is 13.9 Å². The second-order valence-electron chi connectivity index (χ2n) is 6.84. The van der Waals surface area contributed by atoms with Crippen LogP contribution in [-0.2, 0) is 26.2 Å². The van der Waals surface area contributed by atoms with Crippen molar-refractivity contribution in [3.8, 4) is 0 Å². The Morgan fingerprint density at radius 2 is 1.74 bits per heavy atom. The Labute approximate surface area is 200 Å². The normalized spacial score (nSPS) is 12.2. The van der Waals surface area contributed by atoms with E-state index in [1.54, 1.807) is 6.92 Å². The summed E-state index contributed by atoms with van der Waals surface area (Å²) in [6.07, 6.45) is 0.982. The van der Waals surface area contributed by atoms with Crippen LogP contribution in [0.25, 0.3) is 0 Å². The van der Waals surface area contributed by atoms with Crippen molar-refractivity contribution in [2.45, 2.75) is 19.5 Å². The lowest BCUT2D eigenvalue weighted by atomic mass is 10.1. The number of sulfonamides is 1. The van der Waals surface area contributed by atoms with Gasteiger partial charge in [0.05, 0.1) is 11.9 Å². The molecule has 0 aromatic heterocycles. The summed E-state index contributed by atoms with van der Waals surface area (Å²) in [4.78, 5) is 26.9. The standard InChI is InChI=1S/C20H22BrCl2N3O4S/c1-13(20(28)24-2)25(11-14-5-4-6-15(21)7-14)19(27)12-26(31(3,29)30)18-9-16(22)8-17(23)10-18/h4-10,13H,11-12H2,1-3H3,(H,24,28). The third kappa shape index (κ3) is 7.10. The van der Waals surface area contributed by atoms with Gasteiger partial charge in [-0.05, 0) is 42.8 Å². The highest BCUT2D eigenvalue weighted by molar-refractivity contribution is 9.10. The molecule has 0 aliphatic rings. The summed E-state index contributed by atoms with van der Waals surface area (Å²) in [6, 6.07) is 10.7. The second-order valence-corrected chi connectivity index (χ2v) is 10.5. The van der Waals surface area contributed by atoms with Gasteiger partial charge < -0.3 is 10.2 Å². The molecule has 2 amide bonds. The Morgan fingerprint density at radius 3 is 2.26 bits per heavy atom. The molecule has 0 aliphatic heterocycles. The van der Waals surface area contributed by atoms with Crippen molar-refractivity contribution in [2.24, 2.45) is 0 Å². The van der Waals surface area contributed by atoms with Gasteiger partial charge in [-0.2, -0.15) is 0 Å². The number of halogens is 3. The number of likely N-dealkylation sites (N-methyl/N-ethyl adjacent to an activating group) is 1. The number of amides is 2. The van der Waals surface area contributed by atoms with Crippen LogP contribution in [0.15, 0.2) is 46.9 Å². The van der Waals surface area contributed by atoms with Gasteiger partial charge in [0.2, 0.25) is 21.8 Å². The van der Waals surface area contributed by atoms with Crippen LogP contribution < -0.4 is 9.62 Å². The van der Waals surface area contributed by atoms with Crippen molar-refractivity contribution in [1.29, 1.82) is 0 Å². The first-order chi connectivity index (χ1) is 14.4. The summed E-state index contributed by atoms with van der Waals surface area (Å²) in [6.45, 7) is 1.17. The summed E-state index contributed by atoms with van der Waals surface area (Å²) in [5.74, 6) is -0.933.